The number of aryl methyl sites for hydroxylation is 2. The molecule has 2 aromatic heterocycles. The molecule has 0 radical (unpaired) electrons. The fourth-order valence-corrected chi connectivity index (χ4v) is 3.42. The number of carbonyl (C=O) groups is 1. The van der Waals surface area contributed by atoms with Crippen molar-refractivity contribution in [2.75, 3.05) is 6.54 Å². The van der Waals surface area contributed by atoms with Gasteiger partial charge in [-0.25, -0.2) is 9.97 Å². The van der Waals surface area contributed by atoms with Crippen LogP contribution >= 0.6 is 0 Å². The van der Waals surface area contributed by atoms with Gasteiger partial charge in [0.2, 0.25) is 0 Å². The summed E-state index contributed by atoms with van der Waals surface area (Å²) in [7, 11) is 0. The van der Waals surface area contributed by atoms with Crippen LogP contribution in [0.1, 0.15) is 59.8 Å². The third kappa shape index (κ3) is 5.08. The molecule has 2 aromatic rings. The Balaban J connectivity index is 1.48. The Morgan fingerprint density at radius 2 is 1.92 bits per heavy atom. The van der Waals surface area contributed by atoms with E-state index in [0.717, 1.165) is 23.8 Å². The zero-order valence-corrected chi connectivity index (χ0v) is 15.0. The molecule has 0 unspecified atom stereocenters. The summed E-state index contributed by atoms with van der Waals surface area (Å²) in [4.78, 5) is 21.0. The van der Waals surface area contributed by atoms with E-state index < -0.39 is 0 Å². The highest BCUT2D eigenvalue weighted by molar-refractivity contribution is 5.91. The molecular formula is C18H26N6O. The molecule has 25 heavy (non-hydrogen) atoms. The largest absolute Gasteiger partial charge is 0.350 e. The van der Waals surface area contributed by atoms with Crippen LogP contribution in [0.2, 0.25) is 0 Å². The SMILES string of the molecule is Cc1cc(C)nc(CCNC(=O)c2cn(CC3CCCCC3)nn2)n1. The second-order valence-electron chi connectivity index (χ2n) is 6.90. The summed E-state index contributed by atoms with van der Waals surface area (Å²) in [5.74, 6) is 1.21. The molecule has 7 nitrogen and oxygen atoms in total. The van der Waals surface area contributed by atoms with E-state index in [4.69, 9.17) is 0 Å². The topological polar surface area (TPSA) is 85.6 Å². The molecule has 1 fully saturated rings. The Morgan fingerprint density at radius 1 is 1.20 bits per heavy atom. The maximum atomic E-state index is 12.2. The van der Waals surface area contributed by atoms with E-state index in [-0.39, 0.29) is 5.91 Å². The molecule has 1 saturated carbocycles. The van der Waals surface area contributed by atoms with Crippen LogP contribution in [0.5, 0.6) is 0 Å². The Morgan fingerprint density at radius 3 is 2.64 bits per heavy atom. The molecule has 0 saturated heterocycles. The van der Waals surface area contributed by atoms with Gasteiger partial charge in [-0.3, -0.25) is 9.48 Å². The summed E-state index contributed by atoms with van der Waals surface area (Å²) in [6.07, 6.45) is 8.78. The monoisotopic (exact) mass is 342 g/mol. The molecule has 1 N–H and O–H groups in total. The normalized spacial score (nSPS) is 15.3. The Kier molecular flexibility index (Phi) is 5.73. The van der Waals surface area contributed by atoms with Crippen molar-refractivity contribution in [1.29, 1.82) is 0 Å². The highest BCUT2D eigenvalue weighted by Crippen LogP contribution is 2.24. The first-order valence-corrected chi connectivity index (χ1v) is 9.09. The lowest BCUT2D eigenvalue weighted by Crippen LogP contribution is -2.26. The molecule has 134 valence electrons. The number of carbonyl (C=O) groups excluding carboxylic acids is 1. The number of hydrogen-bond donors (Lipinski definition) is 1. The van der Waals surface area contributed by atoms with E-state index in [1.54, 1.807) is 10.9 Å². The molecule has 0 aliphatic heterocycles. The number of rotatable bonds is 6. The van der Waals surface area contributed by atoms with Crippen molar-refractivity contribution in [3.05, 3.63) is 35.2 Å². The second-order valence-corrected chi connectivity index (χ2v) is 6.90. The maximum Gasteiger partial charge on any atom is 0.273 e. The third-order valence-electron chi connectivity index (χ3n) is 4.60. The average molecular weight is 342 g/mol. The molecule has 0 bridgehead atoms. The second kappa shape index (κ2) is 8.18. The molecule has 7 heteroatoms. The van der Waals surface area contributed by atoms with E-state index in [1.807, 2.05) is 19.9 Å². The predicted octanol–water partition coefficient (Wildman–Crippen LogP) is 2.24. The first kappa shape index (κ1) is 17.5. The first-order chi connectivity index (χ1) is 12.1. The molecule has 1 amide bonds. The maximum absolute atomic E-state index is 12.2. The quantitative estimate of drug-likeness (QED) is 0.870. The highest BCUT2D eigenvalue weighted by atomic mass is 16.2. The van der Waals surface area contributed by atoms with Gasteiger partial charge in [0.1, 0.15) is 5.82 Å². The molecular weight excluding hydrogens is 316 g/mol. The van der Waals surface area contributed by atoms with Crippen LogP contribution in [-0.2, 0) is 13.0 Å². The van der Waals surface area contributed by atoms with E-state index in [9.17, 15) is 4.79 Å². The van der Waals surface area contributed by atoms with Crippen molar-refractivity contribution < 1.29 is 4.79 Å². The zero-order chi connectivity index (χ0) is 17.6. The van der Waals surface area contributed by atoms with Crippen LogP contribution in [0.25, 0.3) is 0 Å². The standard InChI is InChI=1S/C18H26N6O/c1-13-10-14(2)21-17(20-13)8-9-19-18(25)16-12-24(23-22-16)11-15-6-4-3-5-7-15/h10,12,15H,3-9,11H2,1-2H3,(H,19,25). The summed E-state index contributed by atoms with van der Waals surface area (Å²) >= 11 is 0. The van der Waals surface area contributed by atoms with Gasteiger partial charge in [-0.2, -0.15) is 0 Å². The number of nitrogens with zero attached hydrogens (tertiary/aromatic N) is 5. The van der Waals surface area contributed by atoms with Gasteiger partial charge in [0, 0.05) is 30.9 Å². The van der Waals surface area contributed by atoms with Crippen LogP contribution in [0.15, 0.2) is 12.3 Å². The molecule has 0 spiro atoms. The zero-order valence-electron chi connectivity index (χ0n) is 15.0. The fraction of sp³-hybridized carbons (Fsp3) is 0.611. The van der Waals surface area contributed by atoms with Crippen molar-refractivity contribution in [2.24, 2.45) is 5.92 Å². The minimum atomic E-state index is -0.195. The molecule has 3 rings (SSSR count). The van der Waals surface area contributed by atoms with Crippen LogP contribution in [0.4, 0.5) is 0 Å². The Labute approximate surface area is 148 Å². The summed E-state index contributed by atoms with van der Waals surface area (Å²) in [5.41, 5.74) is 2.26. The Hall–Kier alpha value is -2.31. The van der Waals surface area contributed by atoms with Gasteiger partial charge >= 0.3 is 0 Å². The fourth-order valence-electron chi connectivity index (χ4n) is 3.42. The van der Waals surface area contributed by atoms with E-state index in [2.05, 4.69) is 25.6 Å². The summed E-state index contributed by atoms with van der Waals surface area (Å²) in [5, 5.41) is 11.0. The van der Waals surface area contributed by atoms with Crippen molar-refractivity contribution >= 4 is 5.91 Å². The predicted molar refractivity (Wildman–Crippen MR) is 94.1 cm³/mol. The van der Waals surface area contributed by atoms with Crippen molar-refractivity contribution in [1.82, 2.24) is 30.3 Å². The third-order valence-corrected chi connectivity index (χ3v) is 4.60. The van der Waals surface area contributed by atoms with Crippen molar-refractivity contribution in [3.63, 3.8) is 0 Å². The number of nitrogens with one attached hydrogen (secondary N) is 1. The van der Waals surface area contributed by atoms with Gasteiger partial charge in [0.25, 0.3) is 5.91 Å². The van der Waals surface area contributed by atoms with E-state index >= 15 is 0 Å². The molecule has 1 aliphatic rings. The van der Waals surface area contributed by atoms with Crippen LogP contribution < -0.4 is 5.32 Å². The first-order valence-electron chi connectivity index (χ1n) is 9.09. The Bertz CT molecular complexity index is 700. The molecule has 1 aliphatic carbocycles. The van der Waals surface area contributed by atoms with Gasteiger partial charge in [0.15, 0.2) is 5.69 Å². The minimum absolute atomic E-state index is 0.195. The minimum Gasteiger partial charge on any atom is -0.350 e. The molecule has 2 heterocycles. The van der Waals surface area contributed by atoms with Gasteiger partial charge in [0.05, 0.1) is 6.20 Å². The van der Waals surface area contributed by atoms with Gasteiger partial charge in [-0.15, -0.1) is 5.10 Å². The molecule has 0 aromatic carbocycles. The van der Waals surface area contributed by atoms with Crippen LogP contribution in [0, 0.1) is 19.8 Å². The summed E-state index contributed by atoms with van der Waals surface area (Å²) in [6.45, 7) is 5.23. The van der Waals surface area contributed by atoms with Crippen LogP contribution in [0.3, 0.4) is 0 Å². The van der Waals surface area contributed by atoms with Gasteiger partial charge in [-0.1, -0.05) is 24.5 Å². The van der Waals surface area contributed by atoms with Crippen molar-refractivity contribution in [2.45, 2.75) is 58.9 Å². The summed E-state index contributed by atoms with van der Waals surface area (Å²) in [6, 6.07) is 1.94. The van der Waals surface area contributed by atoms with Gasteiger partial charge in [-0.05, 0) is 38.7 Å². The number of aromatic nitrogens is 5. The smallest absolute Gasteiger partial charge is 0.273 e. The summed E-state index contributed by atoms with van der Waals surface area (Å²) < 4.78 is 1.80. The lowest BCUT2D eigenvalue weighted by atomic mass is 9.89. The lowest BCUT2D eigenvalue weighted by molar-refractivity contribution is 0.0949. The average Bonchev–Trinajstić information content (AvgIpc) is 3.03. The number of amides is 1. The van der Waals surface area contributed by atoms with E-state index in [0.29, 0.717) is 24.6 Å². The highest BCUT2D eigenvalue weighted by Gasteiger charge is 2.16. The lowest BCUT2D eigenvalue weighted by Gasteiger charge is -2.20. The van der Waals surface area contributed by atoms with E-state index in [1.165, 1.54) is 32.1 Å². The van der Waals surface area contributed by atoms with Crippen molar-refractivity contribution in [3.8, 4) is 0 Å². The number of hydrogen-bond acceptors (Lipinski definition) is 5. The van der Waals surface area contributed by atoms with Crippen LogP contribution in [-0.4, -0.2) is 37.4 Å². The van der Waals surface area contributed by atoms with Gasteiger partial charge < -0.3 is 5.32 Å². The molecule has 0 atom stereocenters.